The molecule has 0 bridgehead atoms. The maximum atomic E-state index is 12.9. The number of pyridine rings is 1. The number of hydrogen-bond acceptors (Lipinski definition) is 7. The molecule has 2 heterocycles. The molecule has 1 aromatic carbocycles. The van der Waals surface area contributed by atoms with Crippen molar-refractivity contribution in [3.8, 4) is 11.1 Å². The molecule has 0 spiro atoms. The Kier molecular flexibility index (Phi) is 7.44. The fourth-order valence-electron chi connectivity index (χ4n) is 3.32. The smallest absolute Gasteiger partial charge is 0.271 e. The Bertz CT molecular complexity index is 1070. The number of thiol groups is 1. The van der Waals surface area contributed by atoms with Crippen molar-refractivity contribution in [1.29, 1.82) is 0 Å². The maximum Gasteiger partial charge on any atom is 0.271 e. The molecule has 0 aliphatic carbocycles. The molecule has 0 atom stereocenters. The standard InChI is InChI=1S/C22H27N5OS2/c1-5-15(6-2)25-21(28)20(27-29)16-10-14(12-24-17(16)7-3)13-8-9-18-19(11-13)30-22(23-4)26-18/h8-12,15,29H,5-7H2,1-4H3,(H,23,26)(H,25,28)/b27-20+. The average Bonchev–Trinajstić information content (AvgIpc) is 3.20. The first kappa shape index (κ1) is 22.2. The molecule has 3 rings (SSSR count). The molecule has 6 nitrogen and oxygen atoms in total. The van der Waals surface area contributed by atoms with Gasteiger partial charge in [0.25, 0.3) is 5.91 Å². The van der Waals surface area contributed by atoms with Gasteiger partial charge in [0.2, 0.25) is 0 Å². The highest BCUT2D eigenvalue weighted by molar-refractivity contribution is 7.79. The molecular weight excluding hydrogens is 414 g/mol. The topological polar surface area (TPSA) is 79.3 Å². The normalized spacial score (nSPS) is 11.9. The lowest BCUT2D eigenvalue weighted by Gasteiger charge is -2.17. The SMILES string of the molecule is CCc1ncc(-c2ccc3nc(NC)sc3c2)cc1/C(=N\S)C(=O)NC(CC)CC. The molecule has 2 aromatic heterocycles. The third kappa shape index (κ3) is 4.65. The number of benzene rings is 1. The predicted octanol–water partition coefficient (Wildman–Crippen LogP) is 4.90. The van der Waals surface area contributed by atoms with Gasteiger partial charge in [0.15, 0.2) is 5.13 Å². The number of fused-ring (bicyclic) bond motifs is 1. The summed E-state index contributed by atoms with van der Waals surface area (Å²) in [7, 11) is 1.86. The quantitative estimate of drug-likeness (QED) is 0.343. The highest BCUT2D eigenvalue weighted by atomic mass is 32.1. The largest absolute Gasteiger partial charge is 0.365 e. The Balaban J connectivity index is 2.01. The van der Waals surface area contributed by atoms with Crippen molar-refractivity contribution in [2.45, 2.75) is 46.1 Å². The Hall–Kier alpha value is -2.45. The van der Waals surface area contributed by atoms with Crippen LogP contribution in [0.1, 0.15) is 44.9 Å². The minimum absolute atomic E-state index is 0.110. The van der Waals surface area contributed by atoms with Crippen molar-refractivity contribution in [3.63, 3.8) is 0 Å². The van der Waals surface area contributed by atoms with Crippen molar-refractivity contribution in [1.82, 2.24) is 15.3 Å². The van der Waals surface area contributed by atoms with Gasteiger partial charge in [0.05, 0.1) is 10.2 Å². The monoisotopic (exact) mass is 441 g/mol. The maximum absolute atomic E-state index is 12.9. The Morgan fingerprint density at radius 1 is 1.20 bits per heavy atom. The van der Waals surface area contributed by atoms with Gasteiger partial charge in [0.1, 0.15) is 5.71 Å². The van der Waals surface area contributed by atoms with Crippen LogP contribution in [0.15, 0.2) is 34.9 Å². The molecule has 0 saturated heterocycles. The van der Waals surface area contributed by atoms with Crippen LogP contribution in [0.2, 0.25) is 0 Å². The molecule has 2 N–H and O–H groups in total. The van der Waals surface area contributed by atoms with Crippen LogP contribution in [0.4, 0.5) is 5.13 Å². The molecule has 0 radical (unpaired) electrons. The van der Waals surface area contributed by atoms with Crippen LogP contribution in [0.25, 0.3) is 21.3 Å². The highest BCUT2D eigenvalue weighted by Crippen LogP contribution is 2.31. The van der Waals surface area contributed by atoms with E-state index < -0.39 is 0 Å². The Morgan fingerprint density at radius 3 is 2.60 bits per heavy atom. The molecule has 0 aliphatic rings. The van der Waals surface area contributed by atoms with Crippen molar-refractivity contribution >= 4 is 51.1 Å². The van der Waals surface area contributed by atoms with Gasteiger partial charge < -0.3 is 10.6 Å². The average molecular weight is 442 g/mol. The van der Waals surface area contributed by atoms with Gasteiger partial charge in [-0.3, -0.25) is 9.78 Å². The van der Waals surface area contributed by atoms with Gasteiger partial charge in [-0.2, -0.15) is 0 Å². The number of amides is 1. The summed E-state index contributed by atoms with van der Waals surface area (Å²) in [6.45, 7) is 6.13. The molecule has 158 valence electrons. The zero-order valence-corrected chi connectivity index (χ0v) is 19.4. The summed E-state index contributed by atoms with van der Waals surface area (Å²) < 4.78 is 5.12. The first-order valence-corrected chi connectivity index (χ1v) is 11.4. The van der Waals surface area contributed by atoms with E-state index in [-0.39, 0.29) is 11.9 Å². The number of aromatic nitrogens is 2. The number of carbonyl (C=O) groups is 1. The lowest BCUT2D eigenvalue weighted by molar-refractivity contribution is -0.115. The molecule has 0 saturated carbocycles. The zero-order chi connectivity index (χ0) is 21.7. The number of aryl methyl sites for hydroxylation is 1. The van der Waals surface area contributed by atoms with Crippen LogP contribution in [0, 0.1) is 0 Å². The second-order valence-corrected chi connectivity index (χ2v) is 8.19. The van der Waals surface area contributed by atoms with Crippen LogP contribution in [0.3, 0.4) is 0 Å². The van der Waals surface area contributed by atoms with E-state index in [4.69, 9.17) is 0 Å². The van der Waals surface area contributed by atoms with Crippen LogP contribution in [-0.4, -0.2) is 34.7 Å². The van der Waals surface area contributed by atoms with E-state index in [1.165, 1.54) is 0 Å². The fraction of sp³-hybridized carbons (Fsp3) is 0.364. The van der Waals surface area contributed by atoms with E-state index in [9.17, 15) is 4.79 Å². The molecule has 0 fully saturated rings. The number of thiazole rings is 1. The number of nitrogens with zero attached hydrogens (tertiary/aromatic N) is 3. The number of anilines is 1. The molecular formula is C22H27N5OS2. The van der Waals surface area contributed by atoms with Crippen LogP contribution in [0.5, 0.6) is 0 Å². The number of hydrogen-bond donors (Lipinski definition) is 3. The molecule has 8 heteroatoms. The summed E-state index contributed by atoms with van der Waals surface area (Å²) in [5.74, 6) is -0.219. The Labute approximate surface area is 186 Å². The van der Waals surface area contributed by atoms with Crippen molar-refractivity contribution in [2.24, 2.45) is 4.40 Å². The van der Waals surface area contributed by atoms with Crippen LogP contribution >= 0.6 is 24.2 Å². The van der Waals surface area contributed by atoms with Gasteiger partial charge >= 0.3 is 0 Å². The molecule has 30 heavy (non-hydrogen) atoms. The number of nitrogens with one attached hydrogen (secondary N) is 2. The van der Waals surface area contributed by atoms with E-state index in [1.807, 2.05) is 38.4 Å². The van der Waals surface area contributed by atoms with E-state index in [2.05, 4.69) is 57.7 Å². The van der Waals surface area contributed by atoms with Crippen molar-refractivity contribution in [2.75, 3.05) is 12.4 Å². The van der Waals surface area contributed by atoms with E-state index in [1.54, 1.807) is 11.3 Å². The first-order chi connectivity index (χ1) is 14.5. The van der Waals surface area contributed by atoms with E-state index in [0.717, 1.165) is 45.0 Å². The van der Waals surface area contributed by atoms with Gasteiger partial charge in [-0.25, -0.2) is 9.38 Å². The lowest BCUT2D eigenvalue weighted by Crippen LogP contribution is -2.39. The second-order valence-electron chi connectivity index (χ2n) is 6.96. The minimum atomic E-state index is -0.219. The van der Waals surface area contributed by atoms with E-state index >= 15 is 0 Å². The summed E-state index contributed by atoms with van der Waals surface area (Å²) >= 11 is 5.71. The third-order valence-corrected chi connectivity index (χ3v) is 6.37. The first-order valence-electron chi connectivity index (χ1n) is 10.1. The minimum Gasteiger partial charge on any atom is -0.365 e. The molecule has 3 aromatic rings. The molecule has 1 amide bonds. The van der Waals surface area contributed by atoms with Gasteiger partial charge in [-0.15, -0.1) is 0 Å². The highest BCUT2D eigenvalue weighted by Gasteiger charge is 2.20. The summed E-state index contributed by atoms with van der Waals surface area (Å²) in [6, 6.07) is 8.22. The number of rotatable bonds is 8. The lowest BCUT2D eigenvalue weighted by atomic mass is 9.99. The van der Waals surface area contributed by atoms with Gasteiger partial charge in [0, 0.05) is 36.1 Å². The third-order valence-electron chi connectivity index (χ3n) is 5.13. The van der Waals surface area contributed by atoms with E-state index in [0.29, 0.717) is 17.7 Å². The summed E-state index contributed by atoms with van der Waals surface area (Å²) in [5.41, 5.74) is 4.73. The second kappa shape index (κ2) is 10.0. The van der Waals surface area contributed by atoms with Crippen LogP contribution < -0.4 is 10.6 Å². The summed E-state index contributed by atoms with van der Waals surface area (Å²) in [4.78, 5) is 22.1. The molecule has 0 unspecified atom stereocenters. The van der Waals surface area contributed by atoms with Crippen molar-refractivity contribution < 1.29 is 4.79 Å². The Morgan fingerprint density at radius 2 is 1.97 bits per heavy atom. The van der Waals surface area contributed by atoms with Crippen LogP contribution in [-0.2, 0) is 11.2 Å². The fourth-order valence-corrected chi connectivity index (χ4v) is 4.37. The van der Waals surface area contributed by atoms with Gasteiger partial charge in [-0.1, -0.05) is 38.2 Å². The zero-order valence-electron chi connectivity index (χ0n) is 17.7. The molecule has 0 aliphatic heterocycles. The van der Waals surface area contributed by atoms with Gasteiger partial charge in [-0.05, 0) is 55.8 Å². The summed E-state index contributed by atoms with van der Waals surface area (Å²) in [6.07, 6.45) is 4.27. The summed E-state index contributed by atoms with van der Waals surface area (Å²) in [5, 5.41) is 7.02. The number of carbonyl (C=O) groups excluding carboxylic acids is 1. The van der Waals surface area contributed by atoms with Crippen molar-refractivity contribution in [3.05, 3.63) is 41.7 Å². The predicted molar refractivity (Wildman–Crippen MR) is 130 cm³/mol.